The van der Waals surface area contributed by atoms with Gasteiger partial charge in [-0.05, 0) is 29.8 Å². The number of non-ortho nitro benzene ring substituents is 1. The lowest BCUT2D eigenvalue weighted by atomic mass is 9.95. The minimum Gasteiger partial charge on any atom is -0.507 e. The summed E-state index contributed by atoms with van der Waals surface area (Å²) in [5.41, 5.74) is 0.299. The number of carbonyl (C=O) groups is 2. The molecule has 1 fully saturated rings. The summed E-state index contributed by atoms with van der Waals surface area (Å²) in [7, 11) is 1.45. The molecule has 2 aromatic rings. The number of aliphatic hydroxyl groups is 1. The van der Waals surface area contributed by atoms with E-state index in [4.69, 9.17) is 9.47 Å². The average Bonchev–Trinajstić information content (AvgIpc) is 3.06. The van der Waals surface area contributed by atoms with Crippen LogP contribution in [0.1, 0.15) is 17.2 Å². The predicted molar refractivity (Wildman–Crippen MR) is 116 cm³/mol. The number of nitro groups is 1. The molecule has 3 rings (SSSR count). The van der Waals surface area contributed by atoms with E-state index in [-0.39, 0.29) is 30.2 Å². The lowest BCUT2D eigenvalue weighted by molar-refractivity contribution is -0.384. The molecule has 0 radical (unpaired) electrons. The Hall–Kier alpha value is -3.98. The van der Waals surface area contributed by atoms with Gasteiger partial charge in [0.15, 0.2) is 0 Å². The molecular weight excluding hydrogens is 416 g/mol. The van der Waals surface area contributed by atoms with Gasteiger partial charge in [0.25, 0.3) is 17.4 Å². The third-order valence-electron chi connectivity index (χ3n) is 4.97. The van der Waals surface area contributed by atoms with Crippen molar-refractivity contribution in [3.63, 3.8) is 0 Å². The molecular formula is C23H22N2O7. The van der Waals surface area contributed by atoms with Crippen molar-refractivity contribution in [1.29, 1.82) is 0 Å². The molecule has 166 valence electrons. The average molecular weight is 438 g/mol. The fourth-order valence-electron chi connectivity index (χ4n) is 3.47. The van der Waals surface area contributed by atoms with Crippen LogP contribution in [-0.4, -0.2) is 53.5 Å². The third-order valence-corrected chi connectivity index (χ3v) is 4.97. The second-order valence-electron chi connectivity index (χ2n) is 6.96. The van der Waals surface area contributed by atoms with Crippen LogP contribution in [-0.2, 0) is 14.3 Å². The van der Waals surface area contributed by atoms with Crippen molar-refractivity contribution in [2.75, 3.05) is 26.9 Å². The molecule has 1 aliphatic rings. The molecule has 1 unspecified atom stereocenters. The maximum Gasteiger partial charge on any atom is 0.295 e. The maximum absolute atomic E-state index is 12.9. The molecule has 1 saturated heterocycles. The van der Waals surface area contributed by atoms with E-state index in [1.165, 1.54) is 30.2 Å². The summed E-state index contributed by atoms with van der Waals surface area (Å²) in [6.07, 6.45) is 1.59. The van der Waals surface area contributed by atoms with Crippen LogP contribution in [0.2, 0.25) is 0 Å². The highest BCUT2D eigenvalue weighted by molar-refractivity contribution is 6.46. The van der Waals surface area contributed by atoms with Crippen molar-refractivity contribution in [2.24, 2.45) is 0 Å². The number of carbonyl (C=O) groups excluding carboxylic acids is 2. The SMILES string of the molecule is C=CCOc1ccc(/C(O)=C2\C(=O)C(=O)N(CCOC)C2c2cccc([N+](=O)[O-])c2)cc1. The number of hydrogen-bond donors (Lipinski definition) is 1. The van der Waals surface area contributed by atoms with Crippen LogP contribution in [0.15, 0.2) is 66.8 Å². The number of Topliss-reactive ketones (excluding diaryl/α,β-unsaturated/α-hetero) is 1. The van der Waals surface area contributed by atoms with E-state index < -0.39 is 22.7 Å². The molecule has 0 bridgehead atoms. The van der Waals surface area contributed by atoms with E-state index in [0.717, 1.165) is 0 Å². The Labute approximate surface area is 184 Å². The summed E-state index contributed by atoms with van der Waals surface area (Å²) in [5.74, 6) is -1.53. The minimum absolute atomic E-state index is 0.0690. The van der Waals surface area contributed by atoms with E-state index >= 15 is 0 Å². The summed E-state index contributed by atoms with van der Waals surface area (Å²) < 4.78 is 10.5. The van der Waals surface area contributed by atoms with E-state index in [9.17, 15) is 24.8 Å². The number of amides is 1. The first-order chi connectivity index (χ1) is 15.4. The molecule has 0 saturated carbocycles. The van der Waals surface area contributed by atoms with Crippen LogP contribution < -0.4 is 4.74 Å². The third kappa shape index (κ3) is 4.52. The largest absolute Gasteiger partial charge is 0.507 e. The number of nitro benzene ring substituents is 1. The van der Waals surface area contributed by atoms with E-state index in [0.29, 0.717) is 23.5 Å². The topological polar surface area (TPSA) is 119 Å². The van der Waals surface area contributed by atoms with Crippen LogP contribution in [0.4, 0.5) is 5.69 Å². The van der Waals surface area contributed by atoms with Gasteiger partial charge >= 0.3 is 0 Å². The number of benzene rings is 2. The number of aliphatic hydroxyl groups excluding tert-OH is 1. The van der Waals surface area contributed by atoms with Gasteiger partial charge in [-0.15, -0.1) is 0 Å². The lowest BCUT2D eigenvalue weighted by Crippen LogP contribution is -2.32. The normalized spacial score (nSPS) is 17.4. The second kappa shape index (κ2) is 9.88. The van der Waals surface area contributed by atoms with Gasteiger partial charge < -0.3 is 19.5 Å². The summed E-state index contributed by atoms with van der Waals surface area (Å²) in [6, 6.07) is 11.0. The molecule has 1 atom stereocenters. The molecule has 1 aliphatic heterocycles. The maximum atomic E-state index is 12.9. The molecule has 9 heteroatoms. The first kappa shape index (κ1) is 22.7. The molecule has 9 nitrogen and oxygen atoms in total. The summed E-state index contributed by atoms with van der Waals surface area (Å²) in [5, 5.41) is 22.2. The summed E-state index contributed by atoms with van der Waals surface area (Å²) in [6.45, 7) is 4.10. The van der Waals surface area contributed by atoms with Crippen molar-refractivity contribution >= 4 is 23.1 Å². The molecule has 32 heavy (non-hydrogen) atoms. The van der Waals surface area contributed by atoms with Crippen LogP contribution in [0.3, 0.4) is 0 Å². The second-order valence-corrected chi connectivity index (χ2v) is 6.96. The van der Waals surface area contributed by atoms with Gasteiger partial charge in [0.05, 0.1) is 23.1 Å². The number of likely N-dealkylation sites (tertiary alicyclic amines) is 1. The first-order valence-corrected chi connectivity index (χ1v) is 9.74. The lowest BCUT2D eigenvalue weighted by Gasteiger charge is -2.24. The number of methoxy groups -OCH3 is 1. The van der Waals surface area contributed by atoms with Crippen LogP contribution in [0, 0.1) is 10.1 Å². The minimum atomic E-state index is -0.998. The van der Waals surface area contributed by atoms with Crippen LogP contribution in [0.5, 0.6) is 5.75 Å². The van der Waals surface area contributed by atoms with Gasteiger partial charge in [-0.2, -0.15) is 0 Å². The van der Waals surface area contributed by atoms with Crippen molar-refractivity contribution in [2.45, 2.75) is 6.04 Å². The Balaban J connectivity index is 2.10. The zero-order valence-electron chi connectivity index (χ0n) is 17.4. The zero-order chi connectivity index (χ0) is 23.3. The Morgan fingerprint density at radius 3 is 2.59 bits per heavy atom. The van der Waals surface area contributed by atoms with E-state index in [1.807, 2.05) is 0 Å². The molecule has 0 aliphatic carbocycles. The number of nitrogens with zero attached hydrogens (tertiary/aromatic N) is 2. The highest BCUT2D eigenvalue weighted by atomic mass is 16.6. The molecule has 1 amide bonds. The van der Waals surface area contributed by atoms with Crippen LogP contribution in [0.25, 0.3) is 5.76 Å². The smallest absolute Gasteiger partial charge is 0.295 e. The van der Waals surface area contributed by atoms with E-state index in [2.05, 4.69) is 6.58 Å². The van der Waals surface area contributed by atoms with Gasteiger partial charge in [0.1, 0.15) is 18.1 Å². The van der Waals surface area contributed by atoms with Gasteiger partial charge in [-0.3, -0.25) is 19.7 Å². The molecule has 0 aromatic heterocycles. The monoisotopic (exact) mass is 438 g/mol. The summed E-state index contributed by atoms with van der Waals surface area (Å²) >= 11 is 0. The van der Waals surface area contributed by atoms with Gasteiger partial charge in [-0.1, -0.05) is 24.8 Å². The van der Waals surface area contributed by atoms with E-state index in [1.54, 1.807) is 36.4 Å². The Bertz CT molecular complexity index is 1080. The van der Waals surface area contributed by atoms with Gasteiger partial charge in [0.2, 0.25) is 0 Å². The predicted octanol–water partition coefficient (Wildman–Crippen LogP) is 3.23. The molecule has 1 heterocycles. The molecule has 0 spiro atoms. The van der Waals surface area contributed by atoms with Crippen molar-refractivity contribution < 1.29 is 29.1 Å². The number of ether oxygens (including phenoxy) is 2. The van der Waals surface area contributed by atoms with Crippen molar-refractivity contribution in [3.8, 4) is 5.75 Å². The molecule has 1 N–H and O–H groups in total. The number of ketones is 1. The first-order valence-electron chi connectivity index (χ1n) is 9.74. The summed E-state index contributed by atoms with van der Waals surface area (Å²) in [4.78, 5) is 37.6. The Morgan fingerprint density at radius 1 is 1.25 bits per heavy atom. The molecule has 2 aromatic carbocycles. The highest BCUT2D eigenvalue weighted by Gasteiger charge is 2.46. The number of hydrogen-bond acceptors (Lipinski definition) is 7. The van der Waals surface area contributed by atoms with Gasteiger partial charge in [0, 0.05) is 31.4 Å². The quantitative estimate of drug-likeness (QED) is 0.159. The van der Waals surface area contributed by atoms with Crippen molar-refractivity contribution in [3.05, 3.63) is 88.0 Å². The zero-order valence-corrected chi connectivity index (χ0v) is 17.4. The highest BCUT2D eigenvalue weighted by Crippen LogP contribution is 2.40. The van der Waals surface area contributed by atoms with Crippen LogP contribution >= 0.6 is 0 Å². The Morgan fingerprint density at radius 2 is 1.97 bits per heavy atom. The van der Waals surface area contributed by atoms with Gasteiger partial charge in [-0.25, -0.2) is 0 Å². The standard InChI is InChI=1S/C23H22N2O7/c1-3-12-32-18-9-7-15(8-10-18)21(26)19-20(16-5-4-6-17(14-16)25(29)30)24(11-13-31-2)23(28)22(19)27/h3-10,14,20,26H,1,11-13H2,2H3/b21-19+. The van der Waals surface area contributed by atoms with Crippen molar-refractivity contribution in [1.82, 2.24) is 4.90 Å². The fraction of sp³-hybridized carbons (Fsp3) is 0.217. The number of rotatable bonds is 9. The Kier molecular flexibility index (Phi) is 7.01. The fourth-order valence-corrected chi connectivity index (χ4v) is 3.47.